The van der Waals surface area contributed by atoms with Crippen LogP contribution in [0.5, 0.6) is 11.5 Å². The number of hydrogen-bond donors (Lipinski definition) is 6. The van der Waals surface area contributed by atoms with E-state index >= 15 is 0 Å². The van der Waals surface area contributed by atoms with Gasteiger partial charge < -0.3 is 39.1 Å². The largest absolute Gasteiger partial charge is 0.508 e. The molecule has 0 fully saturated rings. The number of rotatable bonds is 32. The summed E-state index contributed by atoms with van der Waals surface area (Å²) in [6.45, 7) is 13.2. The number of nitrogens with zero attached hydrogens (tertiary/aromatic N) is 2. The molecule has 0 heterocycles. The van der Waals surface area contributed by atoms with E-state index in [2.05, 4.69) is 34.2 Å². The third-order valence-corrected chi connectivity index (χ3v) is 9.23. The number of carbonyl (C=O) groups is 3. The van der Waals surface area contributed by atoms with Crippen molar-refractivity contribution in [1.29, 1.82) is 0 Å². The molecule has 0 aromatic heterocycles. The molecule has 4 atom stereocenters. The van der Waals surface area contributed by atoms with E-state index in [0.29, 0.717) is 76.2 Å². The summed E-state index contributed by atoms with van der Waals surface area (Å²) in [5.41, 5.74) is 0.952. The third-order valence-electron chi connectivity index (χ3n) is 9.23. The highest BCUT2D eigenvalue weighted by Crippen LogP contribution is 2.33. The fourth-order valence-corrected chi connectivity index (χ4v) is 5.90. The smallest absolute Gasteiger partial charge is 0.493 e. The van der Waals surface area contributed by atoms with Crippen molar-refractivity contribution in [3.63, 3.8) is 0 Å². The number of amides is 2. The molecule has 0 saturated heterocycles. The first-order chi connectivity index (χ1) is 27.6. The molecule has 336 valence electrons. The van der Waals surface area contributed by atoms with Crippen LogP contribution in [0.25, 0.3) is 0 Å². The molecular formula is C39H70N4O15. The van der Waals surface area contributed by atoms with Crippen LogP contribution in [0.4, 0.5) is 9.59 Å². The zero-order valence-electron chi connectivity index (χ0n) is 35.6. The highest BCUT2D eigenvalue weighted by molar-refractivity contribution is 5.79. The molecule has 0 radical (unpaired) electrons. The number of methoxy groups -OCH3 is 2. The molecule has 6 N–H and O–H groups in total. The number of hydrogen-bond acceptors (Lipinski definition) is 17. The average Bonchev–Trinajstić information content (AvgIpc) is 3.15. The van der Waals surface area contributed by atoms with Gasteiger partial charge in [0.2, 0.25) is 5.91 Å². The summed E-state index contributed by atoms with van der Waals surface area (Å²) in [4.78, 5) is 49.4. The zero-order chi connectivity index (χ0) is 43.5. The molecule has 0 bridgehead atoms. The van der Waals surface area contributed by atoms with Crippen LogP contribution in [0.3, 0.4) is 0 Å². The number of ether oxygens (including phenoxy) is 6. The minimum atomic E-state index is -1.04. The van der Waals surface area contributed by atoms with Crippen molar-refractivity contribution in [2.45, 2.75) is 105 Å². The van der Waals surface area contributed by atoms with Gasteiger partial charge in [0, 0.05) is 32.6 Å². The molecular weight excluding hydrogens is 764 g/mol. The van der Waals surface area contributed by atoms with Gasteiger partial charge in [-0.15, -0.1) is 0 Å². The highest BCUT2D eigenvalue weighted by atomic mass is 17.1. The van der Waals surface area contributed by atoms with Gasteiger partial charge in [0.15, 0.2) is 11.5 Å². The van der Waals surface area contributed by atoms with Gasteiger partial charge in [0.25, 0.3) is 0 Å². The normalized spacial score (nSPS) is 13.7. The summed E-state index contributed by atoms with van der Waals surface area (Å²) in [6, 6.07) is 4.88. The maximum atomic E-state index is 13.6. The minimum absolute atomic E-state index is 0.0147. The van der Waals surface area contributed by atoms with Crippen LogP contribution in [0.15, 0.2) is 18.2 Å². The molecule has 1 aromatic carbocycles. The van der Waals surface area contributed by atoms with Gasteiger partial charge in [-0.1, -0.05) is 47.6 Å². The lowest BCUT2D eigenvalue weighted by Gasteiger charge is -2.34. The van der Waals surface area contributed by atoms with E-state index in [1.54, 1.807) is 14.2 Å². The third kappa shape index (κ3) is 23.8. The summed E-state index contributed by atoms with van der Waals surface area (Å²) in [7, 11) is 3.20. The van der Waals surface area contributed by atoms with Gasteiger partial charge in [-0.3, -0.25) is 35.3 Å². The fraction of sp³-hybridized carbons (Fsp3) is 0.769. The Bertz CT molecular complexity index is 1270. The molecule has 1 rings (SSSR count). The Labute approximate surface area is 342 Å². The van der Waals surface area contributed by atoms with Crippen molar-refractivity contribution < 1.29 is 73.3 Å². The Kier molecular flexibility index (Phi) is 27.6. The fourth-order valence-electron chi connectivity index (χ4n) is 5.90. The molecule has 4 unspecified atom stereocenters. The van der Waals surface area contributed by atoms with E-state index in [1.165, 1.54) is 0 Å². The first-order valence-corrected chi connectivity index (χ1v) is 20.0. The molecule has 19 heteroatoms. The lowest BCUT2D eigenvalue weighted by Crippen LogP contribution is -2.49. The first kappa shape index (κ1) is 52.5. The summed E-state index contributed by atoms with van der Waals surface area (Å²) in [6.07, 6.45) is 0.160. The van der Waals surface area contributed by atoms with Gasteiger partial charge in [0.05, 0.1) is 57.0 Å². The van der Waals surface area contributed by atoms with Crippen LogP contribution >= 0.6 is 0 Å². The van der Waals surface area contributed by atoms with Crippen molar-refractivity contribution >= 4 is 18.2 Å². The van der Waals surface area contributed by atoms with E-state index in [-0.39, 0.29) is 67.8 Å². The van der Waals surface area contributed by atoms with Gasteiger partial charge in [-0.25, -0.2) is 9.59 Å². The molecule has 0 saturated carbocycles. The van der Waals surface area contributed by atoms with Gasteiger partial charge >= 0.3 is 12.2 Å². The SMILES string of the molecule is COCCCOc1cc(CC(CC(NC(=O)OCCCCON(O)O)C(CC(C(=O)NCC(C)C)C(C)C)OC(=O)OCCCCON(O)O)C(C)C)ccc1OC. The minimum Gasteiger partial charge on any atom is -0.493 e. The Morgan fingerprint density at radius 3 is 1.90 bits per heavy atom. The maximum Gasteiger partial charge on any atom is 0.508 e. The molecule has 1 aromatic rings. The zero-order valence-corrected chi connectivity index (χ0v) is 35.6. The van der Waals surface area contributed by atoms with Crippen molar-refractivity contribution in [1.82, 2.24) is 21.4 Å². The molecule has 0 aliphatic rings. The van der Waals surface area contributed by atoms with Crippen molar-refractivity contribution in [2.75, 3.05) is 60.4 Å². The highest BCUT2D eigenvalue weighted by Gasteiger charge is 2.36. The van der Waals surface area contributed by atoms with Gasteiger partial charge in [-0.2, -0.15) is 0 Å². The van der Waals surface area contributed by atoms with Crippen LogP contribution in [-0.2, 0) is 39.8 Å². The van der Waals surface area contributed by atoms with E-state index < -0.39 is 35.7 Å². The van der Waals surface area contributed by atoms with Crippen LogP contribution < -0.4 is 20.1 Å². The number of nitrogens with one attached hydrogen (secondary N) is 2. The molecule has 19 nitrogen and oxygen atoms in total. The maximum absolute atomic E-state index is 13.6. The summed E-state index contributed by atoms with van der Waals surface area (Å²) < 4.78 is 33.6. The number of alkyl carbamates (subject to hydrolysis) is 1. The number of unbranched alkanes of at least 4 members (excludes halogenated alkanes) is 2. The Hall–Kier alpha value is -3.53. The lowest BCUT2D eigenvalue weighted by atomic mass is 9.80. The van der Waals surface area contributed by atoms with E-state index in [1.807, 2.05) is 45.9 Å². The molecule has 58 heavy (non-hydrogen) atoms. The first-order valence-electron chi connectivity index (χ1n) is 20.0. The van der Waals surface area contributed by atoms with Gasteiger partial charge in [-0.05, 0) is 86.3 Å². The molecule has 0 spiro atoms. The monoisotopic (exact) mass is 834 g/mol. The Morgan fingerprint density at radius 2 is 1.34 bits per heavy atom. The predicted octanol–water partition coefficient (Wildman–Crippen LogP) is 5.95. The van der Waals surface area contributed by atoms with Crippen LogP contribution in [-0.4, -0.2) is 122 Å². The van der Waals surface area contributed by atoms with Crippen molar-refractivity contribution in [2.24, 2.45) is 29.6 Å². The second kappa shape index (κ2) is 30.5. The summed E-state index contributed by atoms with van der Waals surface area (Å²) in [5.74, 6) is 0.359. The topological polar surface area (TPSA) is 237 Å². The lowest BCUT2D eigenvalue weighted by molar-refractivity contribution is -0.492. The predicted molar refractivity (Wildman–Crippen MR) is 208 cm³/mol. The number of benzene rings is 1. The Morgan fingerprint density at radius 1 is 0.724 bits per heavy atom. The van der Waals surface area contributed by atoms with Crippen LogP contribution in [0.1, 0.15) is 92.1 Å². The van der Waals surface area contributed by atoms with E-state index in [0.717, 1.165) is 5.56 Å². The second-order valence-corrected chi connectivity index (χ2v) is 15.1. The van der Waals surface area contributed by atoms with E-state index in [9.17, 15) is 14.4 Å². The Balaban J connectivity index is 3.50. The van der Waals surface area contributed by atoms with E-state index in [4.69, 9.17) is 49.3 Å². The van der Waals surface area contributed by atoms with Crippen LogP contribution in [0, 0.1) is 29.6 Å². The van der Waals surface area contributed by atoms with Gasteiger partial charge in [0.1, 0.15) is 6.10 Å². The van der Waals surface area contributed by atoms with Crippen molar-refractivity contribution in [3.8, 4) is 11.5 Å². The standard InChI is InChI=1S/C39H70N4O15/c1-27(2)26-40-37(44)32(29(5)6)25-35(58-39(46)55-18-10-12-21-57-43(49)50)33(41-38(45)54-17-9-11-20-56-42(47)48)24-31(28(3)4)22-30-14-15-34(52-8)36(23-30)53-19-13-16-51-7/h14-15,23,27-29,31-33,35,47-50H,9-13,16-22,24-26H2,1-8H3,(H,40,44)(H,41,45). The number of carbonyl (C=O) groups excluding carboxylic acids is 3. The van der Waals surface area contributed by atoms with Crippen molar-refractivity contribution in [3.05, 3.63) is 23.8 Å². The summed E-state index contributed by atoms with van der Waals surface area (Å²) in [5, 5.41) is 40.1. The molecule has 0 aliphatic carbocycles. The second-order valence-electron chi connectivity index (χ2n) is 15.1. The quantitative estimate of drug-likeness (QED) is 0.0279. The average molecular weight is 835 g/mol. The molecule has 0 aliphatic heterocycles. The molecule has 2 amide bonds. The van der Waals surface area contributed by atoms with Crippen LogP contribution in [0.2, 0.25) is 0 Å². The summed E-state index contributed by atoms with van der Waals surface area (Å²) >= 11 is 0.